The molecule has 0 saturated carbocycles. The molecule has 0 aliphatic carbocycles. The van der Waals surface area contributed by atoms with E-state index in [1.54, 1.807) is 0 Å². The van der Waals surface area contributed by atoms with Gasteiger partial charge in [0.25, 0.3) is 0 Å². The summed E-state index contributed by atoms with van der Waals surface area (Å²) in [5, 5.41) is 0. The van der Waals surface area contributed by atoms with Gasteiger partial charge in [-0.15, -0.1) is 0 Å². The van der Waals surface area contributed by atoms with Crippen molar-refractivity contribution in [2.24, 2.45) is 0 Å². The van der Waals surface area contributed by atoms with Crippen LogP contribution in [0.25, 0.3) is 0 Å². The molecule has 0 N–H and O–H groups in total. The fourth-order valence-corrected chi connectivity index (χ4v) is 1.47. The van der Waals surface area contributed by atoms with Gasteiger partial charge in [-0.25, -0.2) is 0 Å². The molecule has 1 atom stereocenters. The first-order valence-electron chi connectivity index (χ1n) is 5.03. The summed E-state index contributed by atoms with van der Waals surface area (Å²) >= 11 is 0. The van der Waals surface area contributed by atoms with E-state index < -0.39 is 0 Å². The molecule has 2 heteroatoms. The van der Waals surface area contributed by atoms with Crippen molar-refractivity contribution in [3.8, 4) is 0 Å². The molecule has 0 aliphatic heterocycles. The van der Waals surface area contributed by atoms with Crippen LogP contribution in [0.15, 0.2) is 42.5 Å². The Labute approximate surface area is 90.6 Å². The second-order valence-corrected chi connectivity index (χ2v) is 3.29. The normalized spacial score (nSPS) is 12.7. The zero-order chi connectivity index (χ0) is 11.1. The van der Waals surface area contributed by atoms with Crippen LogP contribution in [0.5, 0.6) is 0 Å². The van der Waals surface area contributed by atoms with Gasteiger partial charge in [0.2, 0.25) is 0 Å². The molecule has 0 aliphatic rings. The van der Waals surface area contributed by atoms with Crippen LogP contribution in [0.1, 0.15) is 24.8 Å². The quantitative estimate of drug-likeness (QED) is 0.557. The Kier molecular flexibility index (Phi) is 4.61. The van der Waals surface area contributed by atoms with E-state index >= 15 is 0 Å². The molecule has 2 nitrogen and oxygen atoms in total. The van der Waals surface area contributed by atoms with E-state index in [1.807, 2.05) is 49.4 Å². The van der Waals surface area contributed by atoms with Crippen LogP contribution in [-0.4, -0.2) is 13.1 Å². The number of rotatable bonds is 4. The fourth-order valence-electron chi connectivity index (χ4n) is 1.47. The van der Waals surface area contributed by atoms with Gasteiger partial charge >= 0.3 is 5.97 Å². The SMILES string of the molecule is C/C=C/CC(C(=O)OC)c1ccccc1. The highest BCUT2D eigenvalue weighted by atomic mass is 16.5. The number of carbonyl (C=O) groups is 1. The van der Waals surface area contributed by atoms with Crippen LogP contribution in [0, 0.1) is 0 Å². The van der Waals surface area contributed by atoms with Gasteiger partial charge in [0.05, 0.1) is 13.0 Å². The van der Waals surface area contributed by atoms with Gasteiger partial charge in [-0.1, -0.05) is 42.5 Å². The Balaban J connectivity index is 2.86. The van der Waals surface area contributed by atoms with E-state index in [2.05, 4.69) is 0 Å². The zero-order valence-electron chi connectivity index (χ0n) is 9.14. The van der Waals surface area contributed by atoms with Crippen molar-refractivity contribution in [1.82, 2.24) is 0 Å². The minimum atomic E-state index is -0.188. The number of hydrogen-bond donors (Lipinski definition) is 0. The van der Waals surface area contributed by atoms with Gasteiger partial charge in [0, 0.05) is 0 Å². The summed E-state index contributed by atoms with van der Waals surface area (Å²) in [6.07, 6.45) is 4.61. The highest BCUT2D eigenvalue weighted by molar-refractivity contribution is 5.78. The molecule has 80 valence electrons. The van der Waals surface area contributed by atoms with Gasteiger partial charge in [0.1, 0.15) is 0 Å². The molecule has 0 heterocycles. The highest BCUT2D eigenvalue weighted by Gasteiger charge is 2.19. The Morgan fingerprint density at radius 2 is 2.07 bits per heavy atom. The standard InChI is InChI=1S/C13H16O2/c1-3-4-10-12(13(14)15-2)11-8-6-5-7-9-11/h3-9,12H,10H2,1-2H3/b4-3+. The van der Waals surface area contributed by atoms with Gasteiger partial charge in [-0.05, 0) is 18.9 Å². The predicted octanol–water partition coefficient (Wildman–Crippen LogP) is 2.91. The molecule has 1 rings (SSSR count). The molecule has 0 saturated heterocycles. The summed E-state index contributed by atoms with van der Waals surface area (Å²) in [5.41, 5.74) is 1.00. The first-order chi connectivity index (χ1) is 7.29. The Bertz CT molecular complexity index is 328. The summed E-state index contributed by atoms with van der Waals surface area (Å²) in [5.74, 6) is -0.369. The van der Waals surface area contributed by atoms with Crippen LogP contribution >= 0.6 is 0 Å². The summed E-state index contributed by atoms with van der Waals surface area (Å²) < 4.78 is 4.79. The number of hydrogen-bond acceptors (Lipinski definition) is 2. The predicted molar refractivity (Wildman–Crippen MR) is 60.6 cm³/mol. The topological polar surface area (TPSA) is 26.3 Å². The molecule has 1 aromatic rings. The van der Waals surface area contributed by atoms with Crippen molar-refractivity contribution < 1.29 is 9.53 Å². The molecule has 0 bridgehead atoms. The number of carbonyl (C=O) groups excluding carboxylic acids is 1. The summed E-state index contributed by atoms with van der Waals surface area (Å²) in [7, 11) is 1.42. The van der Waals surface area contributed by atoms with Crippen molar-refractivity contribution in [1.29, 1.82) is 0 Å². The lowest BCUT2D eigenvalue weighted by Crippen LogP contribution is -2.13. The number of benzene rings is 1. The first-order valence-corrected chi connectivity index (χ1v) is 5.03. The van der Waals surface area contributed by atoms with Crippen molar-refractivity contribution in [3.05, 3.63) is 48.0 Å². The molecule has 0 fully saturated rings. The van der Waals surface area contributed by atoms with Gasteiger partial charge in [-0.3, -0.25) is 4.79 Å². The maximum absolute atomic E-state index is 11.6. The molecule has 0 aromatic heterocycles. The Hall–Kier alpha value is -1.57. The fraction of sp³-hybridized carbons (Fsp3) is 0.308. The van der Waals surface area contributed by atoms with Crippen LogP contribution in [0.2, 0.25) is 0 Å². The lowest BCUT2D eigenvalue weighted by Gasteiger charge is -2.12. The van der Waals surface area contributed by atoms with Crippen molar-refractivity contribution >= 4 is 5.97 Å². The van der Waals surface area contributed by atoms with E-state index in [9.17, 15) is 4.79 Å². The van der Waals surface area contributed by atoms with Crippen molar-refractivity contribution in [2.75, 3.05) is 7.11 Å². The maximum Gasteiger partial charge on any atom is 0.313 e. The Morgan fingerprint density at radius 1 is 1.40 bits per heavy atom. The van der Waals surface area contributed by atoms with E-state index in [1.165, 1.54) is 7.11 Å². The number of allylic oxidation sites excluding steroid dienone is 2. The third kappa shape index (κ3) is 3.24. The molecule has 0 spiro atoms. The van der Waals surface area contributed by atoms with E-state index in [4.69, 9.17) is 4.74 Å². The molecule has 0 amide bonds. The van der Waals surface area contributed by atoms with Gasteiger partial charge in [0.15, 0.2) is 0 Å². The third-order valence-corrected chi connectivity index (χ3v) is 2.30. The minimum Gasteiger partial charge on any atom is -0.469 e. The van der Waals surface area contributed by atoms with Gasteiger partial charge in [-0.2, -0.15) is 0 Å². The average molecular weight is 204 g/mol. The number of esters is 1. The third-order valence-electron chi connectivity index (χ3n) is 2.30. The molecule has 0 radical (unpaired) electrons. The minimum absolute atomic E-state index is 0.181. The second-order valence-electron chi connectivity index (χ2n) is 3.29. The van der Waals surface area contributed by atoms with E-state index in [0.29, 0.717) is 6.42 Å². The summed E-state index contributed by atoms with van der Waals surface area (Å²) in [4.78, 5) is 11.6. The summed E-state index contributed by atoms with van der Waals surface area (Å²) in [6.45, 7) is 1.94. The molecule has 15 heavy (non-hydrogen) atoms. The van der Waals surface area contributed by atoms with Crippen molar-refractivity contribution in [3.63, 3.8) is 0 Å². The molecular weight excluding hydrogens is 188 g/mol. The maximum atomic E-state index is 11.6. The second kappa shape index (κ2) is 6.02. The van der Waals surface area contributed by atoms with Crippen LogP contribution < -0.4 is 0 Å². The molecule has 1 aromatic carbocycles. The molecular formula is C13H16O2. The van der Waals surface area contributed by atoms with E-state index in [0.717, 1.165) is 5.56 Å². The van der Waals surface area contributed by atoms with E-state index in [-0.39, 0.29) is 11.9 Å². The lowest BCUT2D eigenvalue weighted by molar-refractivity contribution is -0.142. The van der Waals surface area contributed by atoms with Crippen molar-refractivity contribution in [2.45, 2.75) is 19.3 Å². The number of ether oxygens (including phenoxy) is 1. The first kappa shape index (κ1) is 11.5. The molecule has 1 unspecified atom stereocenters. The summed E-state index contributed by atoms with van der Waals surface area (Å²) in [6, 6.07) is 9.70. The lowest BCUT2D eigenvalue weighted by atomic mass is 9.96. The average Bonchev–Trinajstić information content (AvgIpc) is 2.30. The number of methoxy groups -OCH3 is 1. The largest absolute Gasteiger partial charge is 0.469 e. The van der Waals surface area contributed by atoms with Gasteiger partial charge < -0.3 is 4.74 Å². The smallest absolute Gasteiger partial charge is 0.313 e. The van der Waals surface area contributed by atoms with Crippen LogP contribution in [-0.2, 0) is 9.53 Å². The monoisotopic (exact) mass is 204 g/mol. The van der Waals surface area contributed by atoms with Crippen LogP contribution in [0.3, 0.4) is 0 Å². The highest BCUT2D eigenvalue weighted by Crippen LogP contribution is 2.21. The zero-order valence-corrected chi connectivity index (χ0v) is 9.14. The van der Waals surface area contributed by atoms with Crippen LogP contribution in [0.4, 0.5) is 0 Å². The Morgan fingerprint density at radius 3 is 2.60 bits per heavy atom.